The number of amides is 2. The number of nitrogens with one attached hydrogen (secondary N) is 1. The maximum Gasteiger partial charge on any atom is 0.338 e. The summed E-state index contributed by atoms with van der Waals surface area (Å²) in [6.07, 6.45) is 0. The number of phenolic OH excluding ortho intramolecular Hbond substituents is 1. The molecular weight excluding hydrogens is 348 g/mol. The highest BCUT2D eigenvalue weighted by molar-refractivity contribution is 5.97. The van der Waals surface area contributed by atoms with Crippen molar-refractivity contribution in [2.24, 2.45) is 0 Å². The third kappa shape index (κ3) is 5.57. The van der Waals surface area contributed by atoms with Crippen molar-refractivity contribution in [1.82, 2.24) is 4.90 Å². The average Bonchev–Trinajstić information content (AvgIpc) is 2.68. The number of rotatable bonds is 7. The highest BCUT2D eigenvalue weighted by Crippen LogP contribution is 2.13. The summed E-state index contributed by atoms with van der Waals surface area (Å²) in [5, 5.41) is 11.8. The Balaban J connectivity index is 1.87. The third-order valence-corrected chi connectivity index (χ3v) is 3.90. The summed E-state index contributed by atoms with van der Waals surface area (Å²) in [5.41, 5.74) is 1.27. The van der Waals surface area contributed by atoms with Gasteiger partial charge in [0.1, 0.15) is 5.75 Å². The average molecular weight is 370 g/mol. The van der Waals surface area contributed by atoms with Crippen molar-refractivity contribution in [2.45, 2.75) is 13.8 Å². The molecule has 0 aromatic heterocycles. The van der Waals surface area contributed by atoms with Crippen LogP contribution in [0.5, 0.6) is 5.75 Å². The zero-order valence-electron chi connectivity index (χ0n) is 15.3. The standard InChI is InChI=1S/C20H22N2O5/c1-3-22(4-2)19(25)14-5-9-16(10-6-14)21-18(24)13-27-20(26)15-7-11-17(23)12-8-15/h5-12,23H,3-4,13H2,1-2H3,(H,21,24). The van der Waals surface area contributed by atoms with Crippen molar-refractivity contribution < 1.29 is 24.2 Å². The normalized spacial score (nSPS) is 10.1. The van der Waals surface area contributed by atoms with E-state index in [-0.39, 0.29) is 17.2 Å². The Bertz CT molecular complexity index is 796. The number of hydrogen-bond acceptors (Lipinski definition) is 5. The SMILES string of the molecule is CCN(CC)C(=O)c1ccc(NC(=O)COC(=O)c2ccc(O)cc2)cc1. The van der Waals surface area contributed by atoms with E-state index in [0.717, 1.165) is 0 Å². The number of carbonyl (C=O) groups excluding carboxylic acids is 3. The molecule has 0 saturated carbocycles. The zero-order valence-corrected chi connectivity index (χ0v) is 15.3. The van der Waals surface area contributed by atoms with Crippen molar-refractivity contribution in [2.75, 3.05) is 25.0 Å². The molecule has 2 amide bonds. The van der Waals surface area contributed by atoms with E-state index in [1.54, 1.807) is 29.2 Å². The van der Waals surface area contributed by atoms with Gasteiger partial charge in [0.2, 0.25) is 0 Å². The van der Waals surface area contributed by atoms with Gasteiger partial charge in [0.25, 0.3) is 11.8 Å². The minimum absolute atomic E-state index is 0.0345. The molecular formula is C20H22N2O5. The number of benzene rings is 2. The molecule has 7 heteroatoms. The largest absolute Gasteiger partial charge is 0.508 e. The molecule has 2 N–H and O–H groups in total. The summed E-state index contributed by atoms with van der Waals surface area (Å²) in [6, 6.07) is 12.0. The molecule has 0 atom stereocenters. The summed E-state index contributed by atoms with van der Waals surface area (Å²) in [7, 11) is 0. The van der Waals surface area contributed by atoms with E-state index in [4.69, 9.17) is 4.74 Å². The zero-order chi connectivity index (χ0) is 19.8. The fourth-order valence-corrected chi connectivity index (χ4v) is 2.40. The molecule has 2 aromatic rings. The Morgan fingerprint density at radius 1 is 0.926 bits per heavy atom. The number of aromatic hydroxyl groups is 1. The number of hydrogen-bond donors (Lipinski definition) is 2. The number of esters is 1. The Labute approximate surface area is 157 Å². The first-order valence-corrected chi connectivity index (χ1v) is 8.60. The predicted octanol–water partition coefficient (Wildman–Crippen LogP) is 2.67. The quantitative estimate of drug-likeness (QED) is 0.731. The van der Waals surface area contributed by atoms with Gasteiger partial charge in [-0.1, -0.05) is 0 Å². The number of phenols is 1. The van der Waals surface area contributed by atoms with Gasteiger partial charge in [-0.2, -0.15) is 0 Å². The number of nitrogens with zero attached hydrogens (tertiary/aromatic N) is 1. The predicted molar refractivity (Wildman–Crippen MR) is 101 cm³/mol. The van der Waals surface area contributed by atoms with Crippen molar-refractivity contribution >= 4 is 23.5 Å². The van der Waals surface area contributed by atoms with Crippen LogP contribution in [0.1, 0.15) is 34.6 Å². The second kappa shape index (κ2) is 9.38. The van der Waals surface area contributed by atoms with Gasteiger partial charge >= 0.3 is 5.97 Å². The van der Waals surface area contributed by atoms with E-state index in [1.165, 1.54) is 24.3 Å². The smallest absolute Gasteiger partial charge is 0.338 e. The molecule has 7 nitrogen and oxygen atoms in total. The second-order valence-corrected chi connectivity index (χ2v) is 5.73. The Kier molecular flexibility index (Phi) is 6.93. The van der Waals surface area contributed by atoms with Crippen molar-refractivity contribution in [1.29, 1.82) is 0 Å². The van der Waals surface area contributed by atoms with Crippen LogP contribution in [-0.2, 0) is 9.53 Å². The minimum Gasteiger partial charge on any atom is -0.508 e. The van der Waals surface area contributed by atoms with E-state index in [9.17, 15) is 19.5 Å². The summed E-state index contributed by atoms with van der Waals surface area (Å²) >= 11 is 0. The van der Waals surface area contributed by atoms with Crippen LogP contribution >= 0.6 is 0 Å². The van der Waals surface area contributed by atoms with Crippen LogP contribution in [0.25, 0.3) is 0 Å². The van der Waals surface area contributed by atoms with Gasteiger partial charge < -0.3 is 20.1 Å². The summed E-state index contributed by atoms with van der Waals surface area (Å²) in [6.45, 7) is 4.63. The lowest BCUT2D eigenvalue weighted by Gasteiger charge is -2.18. The topological polar surface area (TPSA) is 95.9 Å². The van der Waals surface area contributed by atoms with Crippen LogP contribution in [0.3, 0.4) is 0 Å². The molecule has 0 bridgehead atoms. The van der Waals surface area contributed by atoms with Crippen molar-refractivity contribution in [3.8, 4) is 5.75 Å². The molecule has 0 spiro atoms. The first kappa shape index (κ1) is 20.0. The lowest BCUT2D eigenvalue weighted by Crippen LogP contribution is -2.30. The second-order valence-electron chi connectivity index (χ2n) is 5.73. The molecule has 27 heavy (non-hydrogen) atoms. The van der Waals surface area contributed by atoms with Crippen LogP contribution in [0.2, 0.25) is 0 Å². The molecule has 0 fully saturated rings. The summed E-state index contributed by atoms with van der Waals surface area (Å²) in [5.74, 6) is -1.19. The Morgan fingerprint density at radius 3 is 2.04 bits per heavy atom. The molecule has 0 radical (unpaired) electrons. The van der Waals surface area contributed by atoms with Gasteiger partial charge in [0.05, 0.1) is 5.56 Å². The maximum absolute atomic E-state index is 12.2. The van der Waals surface area contributed by atoms with E-state index in [1.807, 2.05) is 13.8 Å². The summed E-state index contributed by atoms with van der Waals surface area (Å²) in [4.78, 5) is 37.7. The highest BCUT2D eigenvalue weighted by atomic mass is 16.5. The van der Waals surface area contributed by atoms with Gasteiger partial charge in [-0.05, 0) is 62.4 Å². The molecule has 2 rings (SSSR count). The molecule has 142 valence electrons. The fraction of sp³-hybridized carbons (Fsp3) is 0.250. The Hall–Kier alpha value is -3.35. The molecule has 0 aliphatic carbocycles. The van der Waals surface area contributed by atoms with Crippen LogP contribution < -0.4 is 5.32 Å². The molecule has 0 aliphatic heterocycles. The van der Waals surface area contributed by atoms with E-state index in [0.29, 0.717) is 24.3 Å². The highest BCUT2D eigenvalue weighted by Gasteiger charge is 2.13. The lowest BCUT2D eigenvalue weighted by atomic mass is 10.2. The van der Waals surface area contributed by atoms with Gasteiger partial charge in [0, 0.05) is 24.3 Å². The first-order valence-electron chi connectivity index (χ1n) is 8.60. The van der Waals surface area contributed by atoms with Crippen LogP contribution in [0.15, 0.2) is 48.5 Å². The van der Waals surface area contributed by atoms with Gasteiger partial charge in [0.15, 0.2) is 6.61 Å². The number of anilines is 1. The van der Waals surface area contributed by atoms with E-state index >= 15 is 0 Å². The van der Waals surface area contributed by atoms with Crippen molar-refractivity contribution in [3.63, 3.8) is 0 Å². The minimum atomic E-state index is -0.662. The molecule has 0 aliphatic rings. The van der Waals surface area contributed by atoms with Gasteiger partial charge in [-0.3, -0.25) is 9.59 Å². The molecule has 2 aromatic carbocycles. The fourth-order valence-electron chi connectivity index (χ4n) is 2.40. The molecule has 0 heterocycles. The maximum atomic E-state index is 12.2. The van der Waals surface area contributed by atoms with Crippen LogP contribution in [0.4, 0.5) is 5.69 Å². The van der Waals surface area contributed by atoms with E-state index < -0.39 is 18.5 Å². The number of carbonyl (C=O) groups is 3. The summed E-state index contributed by atoms with van der Waals surface area (Å²) < 4.78 is 4.93. The monoisotopic (exact) mass is 370 g/mol. The first-order chi connectivity index (χ1) is 12.9. The van der Waals surface area contributed by atoms with Crippen molar-refractivity contribution in [3.05, 3.63) is 59.7 Å². The van der Waals surface area contributed by atoms with Crippen LogP contribution in [-0.4, -0.2) is 47.5 Å². The molecule has 0 unspecified atom stereocenters. The van der Waals surface area contributed by atoms with Crippen LogP contribution in [0, 0.1) is 0 Å². The molecule has 0 saturated heterocycles. The number of ether oxygens (including phenoxy) is 1. The van der Waals surface area contributed by atoms with E-state index in [2.05, 4.69) is 5.32 Å². The third-order valence-electron chi connectivity index (χ3n) is 3.90. The lowest BCUT2D eigenvalue weighted by molar-refractivity contribution is -0.119. The Morgan fingerprint density at radius 2 is 1.48 bits per heavy atom. The van der Waals surface area contributed by atoms with Gasteiger partial charge in [-0.25, -0.2) is 4.79 Å². The van der Waals surface area contributed by atoms with Gasteiger partial charge in [-0.15, -0.1) is 0 Å².